The van der Waals surface area contributed by atoms with Crippen molar-refractivity contribution in [2.24, 2.45) is 0 Å². The molecule has 2 aromatic rings. The summed E-state index contributed by atoms with van der Waals surface area (Å²) in [6.45, 7) is 7.70. The van der Waals surface area contributed by atoms with Gasteiger partial charge in [-0.15, -0.1) is 0 Å². The van der Waals surface area contributed by atoms with Gasteiger partial charge in [0.2, 0.25) is 0 Å². The summed E-state index contributed by atoms with van der Waals surface area (Å²) < 4.78 is 0. The van der Waals surface area contributed by atoms with Crippen molar-refractivity contribution in [3.63, 3.8) is 0 Å². The lowest BCUT2D eigenvalue weighted by Gasteiger charge is -2.30. The molecular weight excluding hydrogens is 254 g/mol. The van der Waals surface area contributed by atoms with Crippen LogP contribution in [0.1, 0.15) is 30.0 Å². The number of hydrogen-bond acceptors (Lipinski definition) is 1. The molecule has 0 amide bonds. The van der Waals surface area contributed by atoms with Gasteiger partial charge >= 0.3 is 0 Å². The summed E-state index contributed by atoms with van der Waals surface area (Å²) in [5, 5.41) is 0. The number of rotatable bonds is 3. The Morgan fingerprint density at radius 3 is 2.33 bits per heavy atom. The second kappa shape index (κ2) is 6.28. The van der Waals surface area contributed by atoms with Crippen LogP contribution >= 0.6 is 0 Å². The molecule has 1 aliphatic heterocycles. The molecule has 0 fully saturated rings. The molecule has 21 heavy (non-hydrogen) atoms. The Morgan fingerprint density at radius 1 is 0.905 bits per heavy atom. The number of nitrogens with zero attached hydrogens (tertiary/aromatic N) is 1. The molecular formula is C20H23N. The molecule has 108 valence electrons. The van der Waals surface area contributed by atoms with Gasteiger partial charge in [0.1, 0.15) is 0 Å². The van der Waals surface area contributed by atoms with Crippen molar-refractivity contribution in [3.05, 3.63) is 76.9 Å². The van der Waals surface area contributed by atoms with E-state index < -0.39 is 0 Å². The Balaban J connectivity index is 1.77. The standard InChI is InChI=1S/C20H23N/c1-16-8-10-19(11-9-16)20-15-21(13-12-17(20)2)14-18-6-4-3-5-7-18/h3-11H,12-15H2,1-2H3. The van der Waals surface area contributed by atoms with Crippen molar-refractivity contribution < 1.29 is 0 Å². The summed E-state index contributed by atoms with van der Waals surface area (Å²) in [4.78, 5) is 2.55. The third-order valence-electron chi connectivity index (χ3n) is 4.35. The van der Waals surface area contributed by atoms with E-state index in [1.54, 1.807) is 5.57 Å². The zero-order chi connectivity index (χ0) is 14.7. The number of hydrogen-bond donors (Lipinski definition) is 0. The molecule has 0 saturated heterocycles. The van der Waals surface area contributed by atoms with Crippen LogP contribution in [0.5, 0.6) is 0 Å². The van der Waals surface area contributed by atoms with Gasteiger partial charge in [0.15, 0.2) is 0 Å². The smallest absolute Gasteiger partial charge is 0.0242 e. The molecule has 2 aromatic carbocycles. The summed E-state index contributed by atoms with van der Waals surface area (Å²) >= 11 is 0. The minimum Gasteiger partial charge on any atom is -0.294 e. The van der Waals surface area contributed by atoms with E-state index in [-0.39, 0.29) is 0 Å². The molecule has 1 aliphatic rings. The average Bonchev–Trinajstić information content (AvgIpc) is 2.51. The van der Waals surface area contributed by atoms with Gasteiger partial charge in [0.25, 0.3) is 0 Å². The van der Waals surface area contributed by atoms with Gasteiger partial charge in [-0.1, -0.05) is 65.7 Å². The third-order valence-corrected chi connectivity index (χ3v) is 4.35. The predicted octanol–water partition coefficient (Wildman–Crippen LogP) is 4.67. The second-order valence-electron chi connectivity index (χ2n) is 6.07. The predicted molar refractivity (Wildman–Crippen MR) is 90.1 cm³/mol. The molecule has 0 saturated carbocycles. The van der Waals surface area contributed by atoms with E-state index in [9.17, 15) is 0 Å². The van der Waals surface area contributed by atoms with E-state index in [0.717, 1.165) is 19.6 Å². The molecule has 0 N–H and O–H groups in total. The molecule has 1 nitrogen and oxygen atoms in total. The van der Waals surface area contributed by atoms with Crippen LogP contribution in [0.4, 0.5) is 0 Å². The largest absolute Gasteiger partial charge is 0.294 e. The van der Waals surface area contributed by atoms with Gasteiger partial charge in [-0.05, 0) is 37.0 Å². The normalized spacial score (nSPS) is 16.3. The summed E-state index contributed by atoms with van der Waals surface area (Å²) in [5.41, 5.74) is 7.17. The molecule has 1 heteroatoms. The number of benzene rings is 2. The fourth-order valence-corrected chi connectivity index (χ4v) is 2.98. The van der Waals surface area contributed by atoms with E-state index in [0.29, 0.717) is 0 Å². The van der Waals surface area contributed by atoms with Crippen molar-refractivity contribution in [2.75, 3.05) is 13.1 Å². The van der Waals surface area contributed by atoms with Gasteiger partial charge in [-0.3, -0.25) is 4.90 Å². The van der Waals surface area contributed by atoms with Crippen LogP contribution in [0.15, 0.2) is 60.2 Å². The first kappa shape index (κ1) is 14.1. The Bertz CT molecular complexity index is 623. The monoisotopic (exact) mass is 277 g/mol. The van der Waals surface area contributed by atoms with Crippen molar-refractivity contribution in [1.29, 1.82) is 0 Å². The highest BCUT2D eigenvalue weighted by atomic mass is 15.1. The lowest BCUT2D eigenvalue weighted by molar-refractivity contribution is 0.292. The molecule has 0 spiro atoms. The van der Waals surface area contributed by atoms with Gasteiger partial charge < -0.3 is 0 Å². The first-order chi connectivity index (χ1) is 10.2. The van der Waals surface area contributed by atoms with Crippen LogP contribution in [0.25, 0.3) is 5.57 Å². The average molecular weight is 277 g/mol. The highest BCUT2D eigenvalue weighted by molar-refractivity contribution is 5.70. The maximum Gasteiger partial charge on any atom is 0.0242 e. The maximum atomic E-state index is 2.55. The Labute approximate surface area is 127 Å². The Kier molecular flexibility index (Phi) is 4.21. The van der Waals surface area contributed by atoms with Crippen molar-refractivity contribution >= 4 is 5.57 Å². The first-order valence-electron chi connectivity index (χ1n) is 7.74. The van der Waals surface area contributed by atoms with Crippen LogP contribution in [0.3, 0.4) is 0 Å². The molecule has 0 bridgehead atoms. The lowest BCUT2D eigenvalue weighted by atomic mass is 9.94. The van der Waals surface area contributed by atoms with Crippen LogP contribution in [-0.2, 0) is 6.54 Å². The summed E-state index contributed by atoms with van der Waals surface area (Å²) in [7, 11) is 0. The lowest BCUT2D eigenvalue weighted by Crippen LogP contribution is -2.30. The molecule has 3 rings (SSSR count). The zero-order valence-corrected chi connectivity index (χ0v) is 13.0. The minimum atomic E-state index is 1.05. The summed E-state index contributed by atoms with van der Waals surface area (Å²) in [6.07, 6.45) is 1.18. The SMILES string of the molecule is CC1=C(c2ccc(C)cc2)CN(Cc2ccccc2)CC1. The zero-order valence-electron chi connectivity index (χ0n) is 13.0. The van der Waals surface area contributed by atoms with Gasteiger partial charge in [-0.2, -0.15) is 0 Å². The first-order valence-corrected chi connectivity index (χ1v) is 7.74. The van der Waals surface area contributed by atoms with E-state index >= 15 is 0 Å². The third kappa shape index (κ3) is 3.43. The minimum absolute atomic E-state index is 1.05. The van der Waals surface area contributed by atoms with E-state index in [1.165, 1.54) is 28.7 Å². The van der Waals surface area contributed by atoms with Crippen LogP contribution < -0.4 is 0 Å². The molecule has 0 radical (unpaired) electrons. The van der Waals surface area contributed by atoms with Crippen molar-refractivity contribution in [2.45, 2.75) is 26.8 Å². The van der Waals surface area contributed by atoms with Crippen LogP contribution in [0, 0.1) is 6.92 Å². The Morgan fingerprint density at radius 2 is 1.62 bits per heavy atom. The quantitative estimate of drug-likeness (QED) is 0.787. The molecule has 0 atom stereocenters. The van der Waals surface area contributed by atoms with Crippen molar-refractivity contribution in [3.8, 4) is 0 Å². The fourth-order valence-electron chi connectivity index (χ4n) is 2.98. The molecule has 1 heterocycles. The summed E-state index contributed by atoms with van der Waals surface area (Å²) in [5.74, 6) is 0. The molecule has 0 aromatic heterocycles. The van der Waals surface area contributed by atoms with Crippen molar-refractivity contribution in [1.82, 2.24) is 4.90 Å². The molecule has 0 aliphatic carbocycles. The summed E-state index contributed by atoms with van der Waals surface area (Å²) in [6, 6.07) is 19.7. The van der Waals surface area contributed by atoms with Gasteiger partial charge in [-0.25, -0.2) is 0 Å². The van der Waals surface area contributed by atoms with Gasteiger partial charge in [0.05, 0.1) is 0 Å². The van der Waals surface area contributed by atoms with Crippen LogP contribution in [-0.4, -0.2) is 18.0 Å². The maximum absolute atomic E-state index is 2.55. The highest BCUT2D eigenvalue weighted by Crippen LogP contribution is 2.27. The highest BCUT2D eigenvalue weighted by Gasteiger charge is 2.17. The van der Waals surface area contributed by atoms with Gasteiger partial charge in [0, 0.05) is 19.6 Å². The van der Waals surface area contributed by atoms with E-state index in [1.807, 2.05) is 0 Å². The Hall–Kier alpha value is -1.86. The second-order valence-corrected chi connectivity index (χ2v) is 6.07. The fraction of sp³-hybridized carbons (Fsp3) is 0.300. The van der Waals surface area contributed by atoms with Crippen LogP contribution in [0.2, 0.25) is 0 Å². The van der Waals surface area contributed by atoms with E-state index in [4.69, 9.17) is 0 Å². The van der Waals surface area contributed by atoms with E-state index in [2.05, 4.69) is 73.3 Å². The number of aryl methyl sites for hydroxylation is 1. The topological polar surface area (TPSA) is 3.24 Å². The molecule has 0 unspecified atom stereocenters.